The topological polar surface area (TPSA) is 72.3 Å². The van der Waals surface area contributed by atoms with Crippen LogP contribution in [0.2, 0.25) is 0 Å². The molecule has 0 fully saturated rings. The summed E-state index contributed by atoms with van der Waals surface area (Å²) in [5.41, 5.74) is 11.9. The summed E-state index contributed by atoms with van der Waals surface area (Å²) in [5, 5.41) is 9.39. The van der Waals surface area contributed by atoms with Crippen molar-refractivity contribution in [2.45, 2.75) is 12.1 Å². The highest BCUT2D eigenvalue weighted by Crippen LogP contribution is 2.17. The second-order valence-electron chi connectivity index (χ2n) is 2.88. The Morgan fingerprint density at radius 2 is 1.85 bits per heavy atom. The lowest BCUT2D eigenvalue weighted by atomic mass is 10.0. The van der Waals surface area contributed by atoms with Gasteiger partial charge in [-0.15, -0.1) is 0 Å². The molecular weight excluding hydrogens is 232 g/mol. The van der Waals surface area contributed by atoms with Crippen LogP contribution in [0, 0.1) is 0 Å². The van der Waals surface area contributed by atoms with E-state index in [-0.39, 0.29) is 6.54 Å². The highest BCUT2D eigenvalue weighted by molar-refractivity contribution is 9.10. The normalized spacial score (nSPS) is 15.4. The number of halogens is 1. The molecule has 2 atom stereocenters. The predicted molar refractivity (Wildman–Crippen MR) is 56.1 cm³/mol. The van der Waals surface area contributed by atoms with Gasteiger partial charge in [-0.05, 0) is 17.7 Å². The molecule has 2 unspecified atom stereocenters. The first-order valence-electron chi connectivity index (χ1n) is 4.04. The van der Waals surface area contributed by atoms with E-state index in [1.165, 1.54) is 0 Å². The Balaban J connectivity index is 2.77. The Hall–Kier alpha value is -0.420. The van der Waals surface area contributed by atoms with Crippen LogP contribution in [0.3, 0.4) is 0 Å². The zero-order valence-electron chi connectivity index (χ0n) is 7.15. The van der Waals surface area contributed by atoms with Gasteiger partial charge in [0.1, 0.15) is 0 Å². The maximum absolute atomic E-state index is 9.39. The largest absolute Gasteiger partial charge is 0.390 e. The van der Waals surface area contributed by atoms with Crippen molar-refractivity contribution in [1.29, 1.82) is 0 Å². The van der Waals surface area contributed by atoms with E-state index in [0.29, 0.717) is 0 Å². The van der Waals surface area contributed by atoms with E-state index >= 15 is 0 Å². The van der Waals surface area contributed by atoms with Crippen molar-refractivity contribution in [1.82, 2.24) is 0 Å². The zero-order chi connectivity index (χ0) is 9.84. The maximum atomic E-state index is 9.39. The molecule has 3 nitrogen and oxygen atoms in total. The molecule has 0 aliphatic heterocycles. The minimum atomic E-state index is -0.679. The summed E-state index contributed by atoms with van der Waals surface area (Å²) in [7, 11) is 0. The highest BCUT2D eigenvalue weighted by atomic mass is 79.9. The molecule has 0 radical (unpaired) electrons. The van der Waals surface area contributed by atoms with Gasteiger partial charge in [0.2, 0.25) is 0 Å². The molecule has 0 aliphatic rings. The van der Waals surface area contributed by atoms with Crippen LogP contribution < -0.4 is 11.5 Å². The van der Waals surface area contributed by atoms with Gasteiger partial charge in [-0.2, -0.15) is 0 Å². The quantitative estimate of drug-likeness (QED) is 0.736. The minimum Gasteiger partial charge on any atom is -0.390 e. The molecule has 13 heavy (non-hydrogen) atoms. The molecular formula is C9H13BrN2O. The smallest absolute Gasteiger partial charge is 0.0854 e. The number of hydrogen-bond acceptors (Lipinski definition) is 3. The zero-order valence-corrected chi connectivity index (χ0v) is 8.74. The van der Waals surface area contributed by atoms with Crippen LogP contribution >= 0.6 is 15.9 Å². The molecule has 4 heteroatoms. The fourth-order valence-corrected chi connectivity index (χ4v) is 1.32. The van der Waals surface area contributed by atoms with Crippen molar-refractivity contribution < 1.29 is 5.11 Å². The first-order valence-corrected chi connectivity index (χ1v) is 4.83. The fourth-order valence-electron chi connectivity index (χ4n) is 1.05. The van der Waals surface area contributed by atoms with Gasteiger partial charge < -0.3 is 16.6 Å². The molecule has 0 saturated heterocycles. The number of hydrogen-bond donors (Lipinski definition) is 3. The number of nitrogens with two attached hydrogens (primary N) is 2. The predicted octanol–water partition coefficient (Wildman–Crippen LogP) is 0.769. The standard InChI is InChI=1S/C9H13BrN2O/c10-7-3-1-6(2-4-7)9(12)8(13)5-11/h1-4,8-9,13H,5,11-12H2. The Morgan fingerprint density at radius 1 is 1.31 bits per heavy atom. The van der Waals surface area contributed by atoms with Gasteiger partial charge in [0.05, 0.1) is 12.1 Å². The van der Waals surface area contributed by atoms with Gasteiger partial charge >= 0.3 is 0 Å². The van der Waals surface area contributed by atoms with E-state index in [4.69, 9.17) is 11.5 Å². The molecule has 72 valence electrons. The Kier molecular flexibility index (Phi) is 3.87. The molecule has 0 heterocycles. The number of rotatable bonds is 3. The molecule has 1 aromatic carbocycles. The van der Waals surface area contributed by atoms with Gasteiger partial charge in [0.25, 0.3) is 0 Å². The SMILES string of the molecule is NCC(O)C(N)c1ccc(Br)cc1. The summed E-state index contributed by atoms with van der Waals surface area (Å²) in [4.78, 5) is 0. The molecule has 0 saturated carbocycles. The number of aliphatic hydroxyl groups is 1. The summed E-state index contributed by atoms with van der Waals surface area (Å²) < 4.78 is 0.991. The maximum Gasteiger partial charge on any atom is 0.0854 e. The second-order valence-corrected chi connectivity index (χ2v) is 3.80. The fraction of sp³-hybridized carbons (Fsp3) is 0.333. The Bertz CT molecular complexity index is 263. The summed E-state index contributed by atoms with van der Waals surface area (Å²) in [6.07, 6.45) is -0.679. The van der Waals surface area contributed by atoms with E-state index in [0.717, 1.165) is 10.0 Å². The van der Waals surface area contributed by atoms with E-state index in [9.17, 15) is 5.11 Å². The third-order valence-electron chi connectivity index (χ3n) is 1.91. The third-order valence-corrected chi connectivity index (χ3v) is 2.44. The molecule has 0 bridgehead atoms. The summed E-state index contributed by atoms with van der Waals surface area (Å²) in [5.74, 6) is 0. The summed E-state index contributed by atoms with van der Waals surface area (Å²) in [6.45, 7) is 0.178. The molecule has 0 aliphatic carbocycles. The molecule has 0 spiro atoms. The first kappa shape index (κ1) is 10.7. The average molecular weight is 245 g/mol. The van der Waals surface area contributed by atoms with Crippen LogP contribution in [0.1, 0.15) is 11.6 Å². The van der Waals surface area contributed by atoms with Gasteiger partial charge in [-0.3, -0.25) is 0 Å². The minimum absolute atomic E-state index is 0.178. The Labute approximate surface area is 85.9 Å². The lowest BCUT2D eigenvalue weighted by molar-refractivity contribution is 0.153. The van der Waals surface area contributed by atoms with E-state index in [1.807, 2.05) is 24.3 Å². The van der Waals surface area contributed by atoms with Crippen molar-refractivity contribution in [2.75, 3.05) is 6.54 Å². The third kappa shape index (κ3) is 2.77. The molecule has 1 aromatic rings. The van der Waals surface area contributed by atoms with Crippen LogP contribution in [0.25, 0.3) is 0 Å². The molecule has 0 amide bonds. The Morgan fingerprint density at radius 3 is 2.31 bits per heavy atom. The number of aliphatic hydroxyl groups excluding tert-OH is 1. The van der Waals surface area contributed by atoms with Gasteiger partial charge in [-0.25, -0.2) is 0 Å². The van der Waals surface area contributed by atoms with Crippen LogP contribution in [0.4, 0.5) is 0 Å². The van der Waals surface area contributed by atoms with Gasteiger partial charge in [0, 0.05) is 11.0 Å². The monoisotopic (exact) mass is 244 g/mol. The lowest BCUT2D eigenvalue weighted by Crippen LogP contribution is -2.32. The van der Waals surface area contributed by atoms with Crippen LogP contribution in [-0.2, 0) is 0 Å². The van der Waals surface area contributed by atoms with Crippen molar-refractivity contribution in [3.8, 4) is 0 Å². The average Bonchev–Trinajstić information content (AvgIpc) is 2.17. The molecule has 0 aromatic heterocycles. The summed E-state index contributed by atoms with van der Waals surface area (Å²) in [6, 6.07) is 7.11. The second kappa shape index (κ2) is 4.72. The van der Waals surface area contributed by atoms with Crippen molar-refractivity contribution >= 4 is 15.9 Å². The van der Waals surface area contributed by atoms with Crippen LogP contribution in [-0.4, -0.2) is 17.8 Å². The summed E-state index contributed by atoms with van der Waals surface area (Å²) >= 11 is 3.32. The van der Waals surface area contributed by atoms with Crippen molar-refractivity contribution in [3.63, 3.8) is 0 Å². The lowest BCUT2D eigenvalue weighted by Gasteiger charge is -2.17. The molecule has 1 rings (SSSR count). The highest BCUT2D eigenvalue weighted by Gasteiger charge is 2.14. The number of benzene rings is 1. The van der Waals surface area contributed by atoms with Crippen LogP contribution in [0.5, 0.6) is 0 Å². The van der Waals surface area contributed by atoms with Crippen LogP contribution in [0.15, 0.2) is 28.7 Å². The van der Waals surface area contributed by atoms with Gasteiger partial charge in [0.15, 0.2) is 0 Å². The van der Waals surface area contributed by atoms with E-state index in [1.54, 1.807) is 0 Å². The van der Waals surface area contributed by atoms with E-state index < -0.39 is 12.1 Å². The van der Waals surface area contributed by atoms with Crippen molar-refractivity contribution in [3.05, 3.63) is 34.3 Å². The van der Waals surface area contributed by atoms with E-state index in [2.05, 4.69) is 15.9 Å². The molecule has 5 N–H and O–H groups in total. The first-order chi connectivity index (χ1) is 6.15. The van der Waals surface area contributed by atoms with Gasteiger partial charge in [-0.1, -0.05) is 28.1 Å². The van der Waals surface area contributed by atoms with Crippen molar-refractivity contribution in [2.24, 2.45) is 11.5 Å².